The van der Waals surface area contributed by atoms with Gasteiger partial charge in [0.05, 0.1) is 28.2 Å². The number of fused-ring (bicyclic) bond motifs is 1. The van der Waals surface area contributed by atoms with Crippen molar-refractivity contribution in [1.82, 2.24) is 14.9 Å². The summed E-state index contributed by atoms with van der Waals surface area (Å²) in [6.45, 7) is 3.94. The summed E-state index contributed by atoms with van der Waals surface area (Å²) in [5.74, 6) is -0.0575. The van der Waals surface area contributed by atoms with E-state index in [0.717, 1.165) is 6.42 Å². The van der Waals surface area contributed by atoms with E-state index in [0.29, 0.717) is 22.5 Å². The predicted molar refractivity (Wildman–Crippen MR) is 107 cm³/mol. The number of nitrogens with zero attached hydrogens (tertiary/aromatic N) is 2. The molecule has 1 amide bonds. The van der Waals surface area contributed by atoms with Crippen LogP contribution in [-0.4, -0.2) is 47.2 Å². The van der Waals surface area contributed by atoms with Crippen LogP contribution in [-0.2, 0) is 14.6 Å². The molecule has 1 saturated heterocycles. The van der Waals surface area contributed by atoms with Gasteiger partial charge in [-0.25, -0.2) is 13.4 Å². The quantitative estimate of drug-likeness (QED) is 0.577. The van der Waals surface area contributed by atoms with Crippen LogP contribution in [0.3, 0.4) is 0 Å². The van der Waals surface area contributed by atoms with Crippen LogP contribution < -0.4 is 10.9 Å². The van der Waals surface area contributed by atoms with Crippen molar-refractivity contribution in [2.45, 2.75) is 43.9 Å². The van der Waals surface area contributed by atoms with E-state index < -0.39 is 9.84 Å². The molecule has 3 rings (SSSR count). The number of amides is 1. The van der Waals surface area contributed by atoms with Crippen molar-refractivity contribution in [1.29, 1.82) is 0 Å². The second-order valence-electron chi connectivity index (χ2n) is 6.80. The Balaban J connectivity index is 1.79. The molecule has 146 valence electrons. The molecule has 1 N–H and O–H groups in total. The van der Waals surface area contributed by atoms with Crippen LogP contribution in [0.15, 0.2) is 34.2 Å². The van der Waals surface area contributed by atoms with E-state index >= 15 is 0 Å². The molecule has 2 aromatic rings. The van der Waals surface area contributed by atoms with Gasteiger partial charge in [0.2, 0.25) is 5.91 Å². The Morgan fingerprint density at radius 3 is 2.81 bits per heavy atom. The number of benzene rings is 1. The highest BCUT2D eigenvalue weighted by atomic mass is 32.2. The lowest BCUT2D eigenvalue weighted by atomic mass is 10.2. The summed E-state index contributed by atoms with van der Waals surface area (Å²) in [6, 6.07) is 6.80. The lowest BCUT2D eigenvalue weighted by Gasteiger charge is -2.18. The first kappa shape index (κ1) is 19.9. The number of hydrogen-bond donors (Lipinski definition) is 1. The monoisotopic (exact) mass is 409 g/mol. The van der Waals surface area contributed by atoms with E-state index in [1.165, 1.54) is 11.8 Å². The minimum absolute atomic E-state index is 0.00475. The summed E-state index contributed by atoms with van der Waals surface area (Å²) in [5, 5.41) is 3.83. The van der Waals surface area contributed by atoms with Gasteiger partial charge in [-0.3, -0.25) is 14.2 Å². The van der Waals surface area contributed by atoms with Crippen molar-refractivity contribution < 1.29 is 13.2 Å². The maximum absolute atomic E-state index is 12.9. The van der Waals surface area contributed by atoms with Gasteiger partial charge >= 0.3 is 0 Å². The van der Waals surface area contributed by atoms with E-state index in [4.69, 9.17) is 0 Å². The zero-order chi connectivity index (χ0) is 19.6. The maximum Gasteiger partial charge on any atom is 0.262 e. The third kappa shape index (κ3) is 4.52. The Morgan fingerprint density at radius 1 is 1.41 bits per heavy atom. The summed E-state index contributed by atoms with van der Waals surface area (Å²) < 4.78 is 24.7. The third-order valence-electron chi connectivity index (χ3n) is 4.74. The molecule has 2 heterocycles. The Bertz CT molecular complexity index is 1020. The number of aromatic nitrogens is 2. The molecule has 0 spiro atoms. The fourth-order valence-corrected chi connectivity index (χ4v) is 5.69. The van der Waals surface area contributed by atoms with Crippen LogP contribution >= 0.6 is 11.8 Å². The first-order valence-corrected chi connectivity index (χ1v) is 11.8. The average Bonchev–Trinajstić information content (AvgIpc) is 2.98. The van der Waals surface area contributed by atoms with Gasteiger partial charge in [-0.2, -0.15) is 0 Å². The molecular weight excluding hydrogens is 386 g/mol. The second kappa shape index (κ2) is 8.02. The van der Waals surface area contributed by atoms with Crippen LogP contribution in [0.2, 0.25) is 0 Å². The Labute approximate surface area is 162 Å². The molecule has 0 saturated carbocycles. The molecule has 0 unspecified atom stereocenters. The molecule has 1 aliphatic rings. The molecule has 0 aliphatic carbocycles. The summed E-state index contributed by atoms with van der Waals surface area (Å²) >= 11 is 1.20. The highest BCUT2D eigenvalue weighted by Gasteiger charge is 2.29. The Kier molecular flexibility index (Phi) is 5.90. The number of thioether (sulfide) groups is 1. The SMILES string of the molecule is CC[C@H](C)n1c(SCC(=O)N[C@@H]2CCS(=O)(=O)C2)nc2ccccc2c1=O. The van der Waals surface area contributed by atoms with Gasteiger partial charge < -0.3 is 5.32 Å². The van der Waals surface area contributed by atoms with E-state index in [1.807, 2.05) is 26.0 Å². The van der Waals surface area contributed by atoms with Crippen LogP contribution in [0.4, 0.5) is 0 Å². The van der Waals surface area contributed by atoms with Crippen LogP contribution in [0, 0.1) is 0 Å². The van der Waals surface area contributed by atoms with E-state index in [2.05, 4.69) is 10.3 Å². The maximum atomic E-state index is 12.9. The Morgan fingerprint density at radius 2 is 2.15 bits per heavy atom. The summed E-state index contributed by atoms with van der Waals surface area (Å²) in [7, 11) is -3.04. The van der Waals surface area contributed by atoms with Crippen molar-refractivity contribution in [2.24, 2.45) is 0 Å². The van der Waals surface area contributed by atoms with Crippen molar-refractivity contribution in [3.05, 3.63) is 34.6 Å². The molecule has 1 aromatic carbocycles. The molecule has 1 fully saturated rings. The number of sulfone groups is 1. The summed E-state index contributed by atoms with van der Waals surface area (Å²) in [6.07, 6.45) is 1.21. The van der Waals surface area contributed by atoms with Crippen LogP contribution in [0.25, 0.3) is 10.9 Å². The molecule has 9 heteroatoms. The minimum atomic E-state index is -3.04. The zero-order valence-electron chi connectivity index (χ0n) is 15.3. The van der Waals surface area contributed by atoms with Gasteiger partial charge in [0.25, 0.3) is 5.56 Å². The number of hydrogen-bond acceptors (Lipinski definition) is 6. The normalized spacial score (nSPS) is 19.9. The lowest BCUT2D eigenvalue weighted by Crippen LogP contribution is -2.37. The van der Waals surface area contributed by atoms with Gasteiger partial charge in [-0.05, 0) is 31.9 Å². The van der Waals surface area contributed by atoms with Crippen LogP contribution in [0.5, 0.6) is 0 Å². The smallest absolute Gasteiger partial charge is 0.262 e. The Hall–Kier alpha value is -1.87. The number of nitrogens with one attached hydrogen (secondary N) is 1. The van der Waals surface area contributed by atoms with Gasteiger partial charge in [0.1, 0.15) is 0 Å². The van der Waals surface area contributed by atoms with Crippen molar-refractivity contribution >= 4 is 38.4 Å². The molecule has 1 aliphatic heterocycles. The van der Waals surface area contributed by atoms with Crippen molar-refractivity contribution in [3.8, 4) is 0 Å². The topological polar surface area (TPSA) is 98.1 Å². The van der Waals surface area contributed by atoms with E-state index in [-0.39, 0.29) is 40.8 Å². The van der Waals surface area contributed by atoms with Gasteiger partial charge in [-0.1, -0.05) is 30.8 Å². The van der Waals surface area contributed by atoms with E-state index in [9.17, 15) is 18.0 Å². The molecule has 7 nitrogen and oxygen atoms in total. The fraction of sp³-hybridized carbons (Fsp3) is 0.500. The molecule has 2 atom stereocenters. The van der Waals surface area contributed by atoms with Crippen molar-refractivity contribution in [2.75, 3.05) is 17.3 Å². The molecule has 1 aromatic heterocycles. The number of para-hydroxylation sites is 1. The molecular formula is C18H23N3O4S2. The first-order valence-electron chi connectivity index (χ1n) is 8.94. The standard InChI is InChI=1S/C18H23N3O4S2/c1-3-12(2)21-17(23)14-6-4-5-7-15(14)20-18(21)26-10-16(22)19-13-8-9-27(24,25)11-13/h4-7,12-13H,3,8-11H2,1-2H3,(H,19,22)/t12-,13+/m0/s1. The number of rotatable bonds is 6. The zero-order valence-corrected chi connectivity index (χ0v) is 17.0. The predicted octanol–water partition coefficient (Wildman–Crippen LogP) is 1.76. The third-order valence-corrected chi connectivity index (χ3v) is 7.46. The highest BCUT2D eigenvalue weighted by molar-refractivity contribution is 7.99. The average molecular weight is 410 g/mol. The molecule has 27 heavy (non-hydrogen) atoms. The summed E-state index contributed by atoms with van der Waals surface area (Å²) in [4.78, 5) is 29.7. The second-order valence-corrected chi connectivity index (χ2v) is 9.97. The first-order chi connectivity index (χ1) is 12.8. The van der Waals surface area contributed by atoms with Gasteiger partial charge in [0, 0.05) is 12.1 Å². The largest absolute Gasteiger partial charge is 0.352 e. The lowest BCUT2D eigenvalue weighted by molar-refractivity contribution is -0.119. The summed E-state index contributed by atoms with van der Waals surface area (Å²) in [5.41, 5.74) is 0.492. The van der Waals surface area contributed by atoms with Crippen LogP contribution in [0.1, 0.15) is 32.7 Å². The minimum Gasteiger partial charge on any atom is -0.352 e. The number of carbonyl (C=O) groups excluding carboxylic acids is 1. The molecule has 0 radical (unpaired) electrons. The van der Waals surface area contributed by atoms with Crippen molar-refractivity contribution in [3.63, 3.8) is 0 Å². The van der Waals surface area contributed by atoms with E-state index in [1.54, 1.807) is 16.7 Å². The molecule has 0 bridgehead atoms. The number of carbonyl (C=O) groups is 1. The highest BCUT2D eigenvalue weighted by Crippen LogP contribution is 2.22. The van der Waals surface area contributed by atoms with Gasteiger partial charge in [0.15, 0.2) is 15.0 Å². The van der Waals surface area contributed by atoms with Gasteiger partial charge in [-0.15, -0.1) is 0 Å². The fourth-order valence-electron chi connectivity index (χ4n) is 3.11.